The summed E-state index contributed by atoms with van der Waals surface area (Å²) in [5.41, 5.74) is 7.22. The van der Waals surface area contributed by atoms with Gasteiger partial charge in [0.25, 0.3) is 0 Å². The molecule has 1 heterocycles. The van der Waals surface area contributed by atoms with Gasteiger partial charge in [-0.1, -0.05) is 28.1 Å². The molecule has 3 aromatic rings. The van der Waals surface area contributed by atoms with Crippen LogP contribution in [0.1, 0.15) is 16.7 Å². The molecule has 1 aromatic heterocycles. The van der Waals surface area contributed by atoms with E-state index in [0.717, 1.165) is 22.1 Å². The molecule has 0 saturated carbocycles. The van der Waals surface area contributed by atoms with E-state index in [1.54, 1.807) is 0 Å². The number of hydrogen-bond donors (Lipinski definition) is 0. The van der Waals surface area contributed by atoms with Crippen LogP contribution in [0, 0.1) is 13.8 Å². The van der Waals surface area contributed by atoms with Crippen LogP contribution in [-0.2, 0) is 5.33 Å². The minimum absolute atomic E-state index is 0.885. The summed E-state index contributed by atoms with van der Waals surface area (Å²) < 4.78 is 2.14. The largest absolute Gasteiger partial charge is 0.299 e. The zero-order chi connectivity index (χ0) is 13.4. The van der Waals surface area contributed by atoms with Crippen LogP contribution in [0.25, 0.3) is 16.7 Å². The van der Waals surface area contributed by atoms with E-state index in [1.807, 2.05) is 6.33 Å². The summed E-state index contributed by atoms with van der Waals surface area (Å²) in [6.45, 7) is 4.26. The lowest BCUT2D eigenvalue weighted by Crippen LogP contribution is -1.93. The summed E-state index contributed by atoms with van der Waals surface area (Å²) in [5, 5.41) is 0.885. The molecule has 0 radical (unpaired) electrons. The topological polar surface area (TPSA) is 17.8 Å². The predicted octanol–water partition coefficient (Wildman–Crippen LogP) is 4.54. The predicted molar refractivity (Wildman–Crippen MR) is 83.2 cm³/mol. The Bertz CT molecular complexity index is 726. The number of fused-ring (bicyclic) bond motifs is 1. The Morgan fingerprint density at radius 3 is 2.42 bits per heavy atom. The Hall–Kier alpha value is -1.61. The van der Waals surface area contributed by atoms with E-state index < -0.39 is 0 Å². The molecule has 0 unspecified atom stereocenters. The second kappa shape index (κ2) is 4.82. The van der Waals surface area contributed by atoms with Crippen LogP contribution in [0.5, 0.6) is 0 Å². The Balaban J connectivity index is 2.16. The fourth-order valence-electron chi connectivity index (χ4n) is 2.22. The van der Waals surface area contributed by atoms with Gasteiger partial charge in [-0.15, -0.1) is 0 Å². The van der Waals surface area contributed by atoms with Crippen molar-refractivity contribution in [2.75, 3.05) is 0 Å². The van der Waals surface area contributed by atoms with E-state index in [9.17, 15) is 0 Å². The number of rotatable bonds is 2. The third-order valence-corrected chi connectivity index (χ3v) is 4.18. The number of aromatic nitrogens is 2. The van der Waals surface area contributed by atoms with Crippen LogP contribution in [0.3, 0.4) is 0 Å². The summed E-state index contributed by atoms with van der Waals surface area (Å²) in [4.78, 5) is 4.49. The van der Waals surface area contributed by atoms with Gasteiger partial charge in [-0.05, 0) is 54.8 Å². The average Bonchev–Trinajstić information content (AvgIpc) is 2.82. The van der Waals surface area contributed by atoms with Gasteiger partial charge in [0.1, 0.15) is 6.33 Å². The first-order valence-corrected chi connectivity index (χ1v) is 7.41. The molecular weight excluding hydrogens is 300 g/mol. The maximum Gasteiger partial charge on any atom is 0.100 e. The molecule has 0 aliphatic carbocycles. The molecule has 0 aliphatic heterocycles. The van der Waals surface area contributed by atoms with Crippen molar-refractivity contribution in [3.8, 4) is 5.69 Å². The maximum atomic E-state index is 4.49. The molecule has 0 aliphatic rings. The van der Waals surface area contributed by atoms with Crippen molar-refractivity contribution in [1.82, 2.24) is 9.55 Å². The number of halogens is 1. The molecule has 96 valence electrons. The van der Waals surface area contributed by atoms with Gasteiger partial charge >= 0.3 is 0 Å². The fraction of sp³-hybridized carbons (Fsp3) is 0.188. The Morgan fingerprint density at radius 2 is 1.74 bits per heavy atom. The Kier molecular flexibility index (Phi) is 3.15. The van der Waals surface area contributed by atoms with Gasteiger partial charge < -0.3 is 0 Å². The molecule has 3 rings (SSSR count). The lowest BCUT2D eigenvalue weighted by molar-refractivity contribution is 1.09. The average molecular weight is 315 g/mol. The molecule has 0 bridgehead atoms. The zero-order valence-electron chi connectivity index (χ0n) is 11.0. The summed E-state index contributed by atoms with van der Waals surface area (Å²) in [7, 11) is 0. The molecule has 0 amide bonds. The molecule has 0 N–H and O–H groups in total. The van der Waals surface area contributed by atoms with Gasteiger partial charge in [0.2, 0.25) is 0 Å². The normalized spacial score (nSPS) is 11.1. The molecule has 3 heteroatoms. The third kappa shape index (κ3) is 2.19. The van der Waals surface area contributed by atoms with Crippen molar-refractivity contribution in [3.63, 3.8) is 0 Å². The first-order chi connectivity index (χ1) is 9.19. The van der Waals surface area contributed by atoms with E-state index in [2.05, 4.69) is 75.7 Å². The van der Waals surface area contributed by atoms with E-state index >= 15 is 0 Å². The van der Waals surface area contributed by atoms with Crippen LogP contribution in [0.2, 0.25) is 0 Å². The number of aryl methyl sites for hydroxylation is 2. The monoisotopic (exact) mass is 314 g/mol. The highest BCUT2D eigenvalue weighted by Gasteiger charge is 2.06. The third-order valence-electron chi connectivity index (χ3n) is 3.53. The van der Waals surface area contributed by atoms with Gasteiger partial charge in [-0.3, -0.25) is 4.57 Å². The molecule has 0 spiro atoms. The number of nitrogens with zero attached hydrogens (tertiary/aromatic N) is 2. The molecule has 2 nitrogen and oxygen atoms in total. The summed E-state index contributed by atoms with van der Waals surface area (Å²) >= 11 is 3.47. The van der Waals surface area contributed by atoms with Crippen molar-refractivity contribution < 1.29 is 0 Å². The molecule has 0 fully saturated rings. The van der Waals surface area contributed by atoms with Crippen LogP contribution in [0.4, 0.5) is 0 Å². The first kappa shape index (κ1) is 12.4. The minimum atomic E-state index is 0.885. The highest BCUT2D eigenvalue weighted by Crippen LogP contribution is 2.22. The van der Waals surface area contributed by atoms with Crippen molar-refractivity contribution in [2.45, 2.75) is 19.2 Å². The standard InChI is InChI=1S/C16H15BrN2/c1-11-7-15-16(8-12(11)2)19(10-18-15)14-5-3-13(9-17)4-6-14/h3-8,10H,9H2,1-2H3. The smallest absolute Gasteiger partial charge is 0.100 e. The van der Waals surface area contributed by atoms with E-state index in [1.165, 1.54) is 16.7 Å². The zero-order valence-corrected chi connectivity index (χ0v) is 12.6. The molecule has 2 aromatic carbocycles. The number of imidazole rings is 1. The summed E-state index contributed by atoms with van der Waals surface area (Å²) in [5.74, 6) is 0. The second-order valence-electron chi connectivity index (χ2n) is 4.84. The fourth-order valence-corrected chi connectivity index (χ4v) is 2.59. The molecule has 0 atom stereocenters. The highest BCUT2D eigenvalue weighted by atomic mass is 79.9. The van der Waals surface area contributed by atoms with Crippen molar-refractivity contribution >= 4 is 27.0 Å². The maximum absolute atomic E-state index is 4.49. The van der Waals surface area contributed by atoms with Gasteiger partial charge in [0.05, 0.1) is 11.0 Å². The highest BCUT2D eigenvalue weighted by molar-refractivity contribution is 9.08. The lowest BCUT2D eigenvalue weighted by Gasteiger charge is -2.06. The van der Waals surface area contributed by atoms with Crippen molar-refractivity contribution in [2.24, 2.45) is 0 Å². The summed E-state index contributed by atoms with van der Waals surface area (Å²) in [6.07, 6.45) is 1.90. The first-order valence-electron chi connectivity index (χ1n) is 6.28. The number of benzene rings is 2. The van der Waals surface area contributed by atoms with Gasteiger partial charge in [0.15, 0.2) is 0 Å². The molecular formula is C16H15BrN2. The Labute approximate surface area is 121 Å². The lowest BCUT2D eigenvalue weighted by atomic mass is 10.1. The van der Waals surface area contributed by atoms with Gasteiger partial charge in [-0.25, -0.2) is 4.98 Å². The molecule has 0 saturated heterocycles. The van der Waals surface area contributed by atoms with E-state index in [0.29, 0.717) is 0 Å². The van der Waals surface area contributed by atoms with E-state index in [-0.39, 0.29) is 0 Å². The van der Waals surface area contributed by atoms with Gasteiger partial charge in [-0.2, -0.15) is 0 Å². The van der Waals surface area contributed by atoms with Crippen LogP contribution >= 0.6 is 15.9 Å². The van der Waals surface area contributed by atoms with Crippen LogP contribution < -0.4 is 0 Å². The summed E-state index contributed by atoms with van der Waals surface area (Å²) in [6, 6.07) is 12.9. The van der Waals surface area contributed by atoms with Gasteiger partial charge in [0, 0.05) is 11.0 Å². The minimum Gasteiger partial charge on any atom is -0.299 e. The number of alkyl halides is 1. The second-order valence-corrected chi connectivity index (χ2v) is 5.40. The van der Waals surface area contributed by atoms with Crippen LogP contribution in [-0.4, -0.2) is 9.55 Å². The Morgan fingerprint density at radius 1 is 1.05 bits per heavy atom. The SMILES string of the molecule is Cc1cc2ncn(-c3ccc(CBr)cc3)c2cc1C. The number of hydrogen-bond acceptors (Lipinski definition) is 1. The van der Waals surface area contributed by atoms with Crippen LogP contribution in [0.15, 0.2) is 42.7 Å². The van der Waals surface area contributed by atoms with Crippen molar-refractivity contribution in [3.05, 3.63) is 59.4 Å². The van der Waals surface area contributed by atoms with Crippen molar-refractivity contribution in [1.29, 1.82) is 0 Å². The quantitative estimate of drug-likeness (QED) is 0.635. The van der Waals surface area contributed by atoms with E-state index in [4.69, 9.17) is 0 Å². The molecule has 19 heavy (non-hydrogen) atoms.